The summed E-state index contributed by atoms with van der Waals surface area (Å²) in [6.45, 7) is 0.134. The number of para-hydroxylation sites is 1. The molecule has 0 fully saturated rings. The second-order valence-corrected chi connectivity index (χ2v) is 6.63. The summed E-state index contributed by atoms with van der Waals surface area (Å²) in [5, 5.41) is 15.0. The lowest BCUT2D eigenvalue weighted by Crippen LogP contribution is -2.42. The highest BCUT2D eigenvalue weighted by Crippen LogP contribution is 2.44. The minimum absolute atomic E-state index is 0.00803. The highest BCUT2D eigenvalue weighted by Gasteiger charge is 2.38. The first-order valence-corrected chi connectivity index (χ1v) is 8.88. The van der Waals surface area contributed by atoms with Gasteiger partial charge in [-0.2, -0.15) is 0 Å². The van der Waals surface area contributed by atoms with Crippen LogP contribution in [0.1, 0.15) is 27.8 Å². The fourth-order valence-corrected chi connectivity index (χ4v) is 3.60. The minimum atomic E-state index is -0.794. The Labute approximate surface area is 164 Å². The summed E-state index contributed by atoms with van der Waals surface area (Å²) in [5.74, 6) is 1.01. The van der Waals surface area contributed by atoms with Gasteiger partial charge in [0, 0.05) is 5.69 Å². The lowest BCUT2D eigenvalue weighted by atomic mass is 10.0. The van der Waals surface area contributed by atoms with Crippen molar-refractivity contribution >= 4 is 17.3 Å². The van der Waals surface area contributed by atoms with Crippen LogP contribution in [0.4, 0.5) is 11.4 Å². The van der Waals surface area contributed by atoms with E-state index in [0.29, 0.717) is 34.1 Å². The Morgan fingerprint density at radius 2 is 1.93 bits per heavy atom. The largest absolute Gasteiger partial charge is 0.467 e. The molecule has 0 bridgehead atoms. The number of hydrogen-bond donors (Lipinski definition) is 1. The monoisotopic (exact) mass is 393 g/mol. The standard InChI is InChI=1S/C20H15N3O6/c24-20-13-5-1-2-6-15(13)21-19(22(20)10-12-4-3-7-27-12)14-8-17-18(29-11-28-17)9-16(14)23(25)26/h1-9,19,21H,10-11H2/t19-/m1/s1. The number of amides is 1. The van der Waals surface area contributed by atoms with E-state index in [9.17, 15) is 14.9 Å². The number of fused-ring (bicyclic) bond motifs is 2. The molecule has 1 aromatic heterocycles. The summed E-state index contributed by atoms with van der Waals surface area (Å²) in [6, 6.07) is 13.4. The molecule has 0 unspecified atom stereocenters. The average molecular weight is 393 g/mol. The molecule has 1 atom stereocenters. The first kappa shape index (κ1) is 17.1. The van der Waals surface area contributed by atoms with Crippen LogP contribution in [-0.2, 0) is 6.54 Å². The zero-order valence-electron chi connectivity index (χ0n) is 15.0. The molecular formula is C20H15N3O6. The number of nitro benzene ring substituents is 1. The number of anilines is 1. The molecule has 5 rings (SSSR count). The summed E-state index contributed by atoms with van der Waals surface area (Å²) in [6.07, 6.45) is 0.723. The number of rotatable bonds is 4. The molecule has 3 aromatic rings. The number of nitrogens with zero attached hydrogens (tertiary/aromatic N) is 2. The van der Waals surface area contributed by atoms with Crippen LogP contribution in [-0.4, -0.2) is 22.5 Å². The second-order valence-electron chi connectivity index (χ2n) is 6.63. The number of carbonyl (C=O) groups is 1. The van der Waals surface area contributed by atoms with Crippen LogP contribution < -0.4 is 14.8 Å². The molecule has 2 aromatic carbocycles. The molecule has 29 heavy (non-hydrogen) atoms. The topological polar surface area (TPSA) is 107 Å². The molecular weight excluding hydrogens is 378 g/mol. The lowest BCUT2D eigenvalue weighted by molar-refractivity contribution is -0.385. The van der Waals surface area contributed by atoms with Crippen molar-refractivity contribution in [1.82, 2.24) is 4.90 Å². The Balaban J connectivity index is 1.65. The molecule has 9 nitrogen and oxygen atoms in total. The predicted molar refractivity (Wildman–Crippen MR) is 101 cm³/mol. The highest BCUT2D eigenvalue weighted by atomic mass is 16.7. The fourth-order valence-electron chi connectivity index (χ4n) is 3.60. The molecule has 2 aliphatic heterocycles. The molecule has 0 saturated carbocycles. The van der Waals surface area contributed by atoms with Crippen molar-refractivity contribution in [3.05, 3.63) is 81.8 Å². The minimum Gasteiger partial charge on any atom is -0.467 e. The lowest BCUT2D eigenvalue weighted by Gasteiger charge is -2.37. The molecule has 0 radical (unpaired) electrons. The van der Waals surface area contributed by atoms with E-state index in [4.69, 9.17) is 13.9 Å². The van der Waals surface area contributed by atoms with Gasteiger partial charge in [0.15, 0.2) is 11.5 Å². The average Bonchev–Trinajstić information content (AvgIpc) is 3.40. The molecule has 9 heteroatoms. The first-order valence-electron chi connectivity index (χ1n) is 8.88. The van der Waals surface area contributed by atoms with E-state index >= 15 is 0 Å². The van der Waals surface area contributed by atoms with E-state index in [0.717, 1.165) is 0 Å². The Kier molecular flexibility index (Phi) is 3.87. The molecule has 3 heterocycles. The van der Waals surface area contributed by atoms with Crippen LogP contribution in [0.5, 0.6) is 11.5 Å². The van der Waals surface area contributed by atoms with Crippen molar-refractivity contribution in [3.8, 4) is 11.5 Å². The summed E-state index contributed by atoms with van der Waals surface area (Å²) in [7, 11) is 0. The van der Waals surface area contributed by atoms with Crippen LogP contribution in [0.15, 0.2) is 59.2 Å². The second kappa shape index (κ2) is 6.55. The van der Waals surface area contributed by atoms with Gasteiger partial charge >= 0.3 is 0 Å². The third-order valence-corrected chi connectivity index (χ3v) is 4.94. The van der Waals surface area contributed by atoms with Crippen LogP contribution >= 0.6 is 0 Å². The van der Waals surface area contributed by atoms with Gasteiger partial charge in [-0.15, -0.1) is 0 Å². The van der Waals surface area contributed by atoms with Gasteiger partial charge in [0.1, 0.15) is 11.9 Å². The van der Waals surface area contributed by atoms with Gasteiger partial charge in [-0.3, -0.25) is 14.9 Å². The van der Waals surface area contributed by atoms with Crippen molar-refractivity contribution in [2.75, 3.05) is 12.1 Å². The van der Waals surface area contributed by atoms with Crippen LogP contribution in [0, 0.1) is 10.1 Å². The van der Waals surface area contributed by atoms with Gasteiger partial charge in [-0.05, 0) is 30.3 Å². The Bertz CT molecular complexity index is 1110. The Morgan fingerprint density at radius 3 is 2.69 bits per heavy atom. The van der Waals surface area contributed by atoms with Gasteiger partial charge in [0.05, 0.1) is 34.9 Å². The number of benzene rings is 2. The maximum atomic E-state index is 13.3. The van der Waals surface area contributed by atoms with Crippen LogP contribution in [0.25, 0.3) is 0 Å². The maximum Gasteiger partial charge on any atom is 0.280 e. The number of hydrogen-bond acceptors (Lipinski definition) is 7. The summed E-state index contributed by atoms with van der Waals surface area (Å²) >= 11 is 0. The zero-order chi connectivity index (χ0) is 20.0. The first-order chi connectivity index (χ1) is 14.1. The number of furan rings is 1. The summed E-state index contributed by atoms with van der Waals surface area (Å²) < 4.78 is 16.1. The SMILES string of the molecule is O=C1c2ccccc2N[C@@H](c2cc3c(cc2[N+](=O)[O-])OCO3)N1Cc1ccco1. The molecule has 1 amide bonds. The van der Waals surface area contributed by atoms with Crippen LogP contribution in [0.3, 0.4) is 0 Å². The highest BCUT2D eigenvalue weighted by molar-refractivity contribution is 6.01. The molecule has 0 spiro atoms. The predicted octanol–water partition coefficient (Wildman–Crippen LogP) is 3.68. The van der Waals surface area contributed by atoms with E-state index < -0.39 is 11.1 Å². The van der Waals surface area contributed by atoms with Crippen molar-refractivity contribution in [2.24, 2.45) is 0 Å². The van der Waals surface area contributed by atoms with Crippen molar-refractivity contribution in [3.63, 3.8) is 0 Å². The van der Waals surface area contributed by atoms with Gasteiger partial charge in [-0.1, -0.05) is 12.1 Å². The molecule has 0 saturated heterocycles. The quantitative estimate of drug-likeness (QED) is 0.532. The normalized spacial score (nSPS) is 17.0. The third kappa shape index (κ3) is 2.83. The van der Waals surface area contributed by atoms with Crippen molar-refractivity contribution in [1.29, 1.82) is 0 Å². The fraction of sp³-hybridized carbons (Fsp3) is 0.150. The van der Waals surface area contributed by atoms with Gasteiger partial charge in [-0.25, -0.2) is 0 Å². The van der Waals surface area contributed by atoms with E-state index in [-0.39, 0.29) is 24.9 Å². The van der Waals surface area contributed by atoms with E-state index in [1.165, 1.54) is 17.2 Å². The Morgan fingerprint density at radius 1 is 1.14 bits per heavy atom. The van der Waals surface area contributed by atoms with Crippen molar-refractivity contribution in [2.45, 2.75) is 12.7 Å². The number of nitro groups is 1. The number of ether oxygens (including phenoxy) is 2. The van der Waals surface area contributed by atoms with Crippen LogP contribution in [0.2, 0.25) is 0 Å². The molecule has 2 aliphatic rings. The van der Waals surface area contributed by atoms with Gasteiger partial charge in [0.2, 0.25) is 6.79 Å². The van der Waals surface area contributed by atoms with E-state index in [2.05, 4.69) is 5.32 Å². The van der Waals surface area contributed by atoms with Crippen molar-refractivity contribution < 1.29 is 23.6 Å². The van der Waals surface area contributed by atoms with Gasteiger partial charge < -0.3 is 24.1 Å². The van der Waals surface area contributed by atoms with E-state index in [1.54, 1.807) is 42.5 Å². The van der Waals surface area contributed by atoms with Gasteiger partial charge in [0.25, 0.3) is 11.6 Å². The smallest absolute Gasteiger partial charge is 0.280 e. The zero-order valence-corrected chi connectivity index (χ0v) is 15.0. The summed E-state index contributed by atoms with van der Waals surface area (Å²) in [4.78, 5) is 26.0. The van der Waals surface area contributed by atoms with E-state index in [1.807, 2.05) is 0 Å². The molecule has 0 aliphatic carbocycles. The molecule has 146 valence electrons. The molecule has 1 N–H and O–H groups in total. The Hall–Kier alpha value is -4.01. The number of nitrogens with one attached hydrogen (secondary N) is 1. The number of carbonyl (C=O) groups excluding carboxylic acids is 1. The summed E-state index contributed by atoms with van der Waals surface area (Å²) in [5.41, 5.74) is 1.22. The third-order valence-electron chi connectivity index (χ3n) is 4.94. The maximum absolute atomic E-state index is 13.3.